The van der Waals surface area contributed by atoms with Crippen molar-refractivity contribution >= 4 is 46.3 Å². The highest BCUT2D eigenvalue weighted by Crippen LogP contribution is 2.39. The van der Waals surface area contributed by atoms with E-state index in [2.05, 4.69) is 5.32 Å². The first-order valence-electron chi connectivity index (χ1n) is 8.87. The Hall–Kier alpha value is -3.86. The molecule has 0 spiro atoms. The molecular formula is C20H17N3O7S. The van der Waals surface area contributed by atoms with Gasteiger partial charge >= 0.3 is 5.69 Å². The number of methoxy groups -OCH3 is 1. The Labute approximate surface area is 180 Å². The Morgan fingerprint density at radius 1 is 1.32 bits per heavy atom. The molecule has 0 radical (unpaired) electrons. The van der Waals surface area contributed by atoms with Gasteiger partial charge in [0.2, 0.25) is 11.7 Å². The number of phenols is 1. The van der Waals surface area contributed by atoms with Gasteiger partial charge in [0, 0.05) is 11.8 Å². The molecule has 0 aromatic heterocycles. The van der Waals surface area contributed by atoms with Crippen LogP contribution in [0.5, 0.6) is 11.5 Å². The van der Waals surface area contributed by atoms with Crippen LogP contribution in [0.15, 0.2) is 41.3 Å². The van der Waals surface area contributed by atoms with Crippen LogP contribution in [0.25, 0.3) is 6.08 Å². The number of carbonyl (C=O) groups is 3. The van der Waals surface area contributed by atoms with Crippen LogP contribution in [0.1, 0.15) is 11.1 Å². The van der Waals surface area contributed by atoms with Gasteiger partial charge in [0.1, 0.15) is 6.54 Å². The number of phenolic OH excluding ortho intramolecular Hbond substituents is 1. The van der Waals surface area contributed by atoms with Crippen molar-refractivity contribution in [1.29, 1.82) is 0 Å². The fourth-order valence-electron chi connectivity index (χ4n) is 2.85. The molecule has 3 rings (SSSR count). The van der Waals surface area contributed by atoms with Gasteiger partial charge in [-0.1, -0.05) is 12.1 Å². The maximum absolute atomic E-state index is 12.6. The minimum Gasteiger partial charge on any atom is -0.500 e. The van der Waals surface area contributed by atoms with Gasteiger partial charge < -0.3 is 15.2 Å². The molecule has 1 fully saturated rings. The first kappa shape index (κ1) is 21.8. The van der Waals surface area contributed by atoms with Gasteiger partial charge in [-0.05, 0) is 54.1 Å². The number of carbonyl (C=O) groups excluding carboxylic acids is 3. The quantitative estimate of drug-likeness (QED) is 0.394. The average molecular weight is 443 g/mol. The van der Waals surface area contributed by atoms with Crippen LogP contribution in [-0.2, 0) is 9.59 Å². The maximum Gasteiger partial charge on any atom is 0.315 e. The highest BCUT2D eigenvalue weighted by atomic mass is 32.2. The zero-order valence-corrected chi connectivity index (χ0v) is 17.3. The molecule has 0 aliphatic carbocycles. The number of thioether (sulfide) groups is 1. The summed E-state index contributed by atoms with van der Waals surface area (Å²) in [6.07, 6.45) is 1.26. The fourth-order valence-corrected chi connectivity index (χ4v) is 3.68. The number of nitro groups is 1. The van der Waals surface area contributed by atoms with Crippen molar-refractivity contribution in [3.8, 4) is 11.5 Å². The average Bonchev–Trinajstić information content (AvgIpc) is 2.96. The number of ether oxygens (including phenoxy) is 1. The summed E-state index contributed by atoms with van der Waals surface area (Å²) in [7, 11) is 1.23. The topological polar surface area (TPSA) is 139 Å². The van der Waals surface area contributed by atoms with Crippen LogP contribution >= 0.6 is 11.8 Å². The van der Waals surface area contributed by atoms with Crippen molar-refractivity contribution in [3.63, 3.8) is 0 Å². The first-order chi connectivity index (χ1) is 14.7. The Morgan fingerprint density at radius 2 is 2.06 bits per heavy atom. The first-order valence-corrected chi connectivity index (χ1v) is 9.68. The lowest BCUT2D eigenvalue weighted by molar-refractivity contribution is -0.386. The Morgan fingerprint density at radius 3 is 2.71 bits per heavy atom. The van der Waals surface area contributed by atoms with Crippen molar-refractivity contribution in [2.45, 2.75) is 6.92 Å². The molecule has 0 unspecified atom stereocenters. The Balaban J connectivity index is 1.80. The second kappa shape index (κ2) is 8.88. The van der Waals surface area contributed by atoms with E-state index in [1.807, 2.05) is 13.0 Å². The van der Waals surface area contributed by atoms with Crippen molar-refractivity contribution in [2.75, 3.05) is 19.0 Å². The molecule has 2 N–H and O–H groups in total. The number of aryl methyl sites for hydroxylation is 1. The summed E-state index contributed by atoms with van der Waals surface area (Å²) < 4.78 is 4.92. The molecular weight excluding hydrogens is 426 g/mol. The van der Waals surface area contributed by atoms with Gasteiger partial charge in [-0.3, -0.25) is 29.4 Å². The van der Waals surface area contributed by atoms with E-state index in [4.69, 9.17) is 4.74 Å². The van der Waals surface area contributed by atoms with Crippen molar-refractivity contribution < 1.29 is 29.2 Å². The number of benzene rings is 2. The van der Waals surface area contributed by atoms with Crippen molar-refractivity contribution in [2.24, 2.45) is 0 Å². The van der Waals surface area contributed by atoms with E-state index in [0.717, 1.165) is 16.5 Å². The number of aromatic hydroxyl groups is 1. The SMILES string of the molecule is COc1cc(/C=C2/SC(=O)N(CC(=O)Nc3cccc(C)c3)C2=O)cc([N+](=O)[O-])c1O. The molecule has 3 amide bonds. The summed E-state index contributed by atoms with van der Waals surface area (Å²) in [5.41, 5.74) is 1.04. The zero-order valence-electron chi connectivity index (χ0n) is 16.4. The maximum atomic E-state index is 12.6. The van der Waals surface area contributed by atoms with Gasteiger partial charge in [0.05, 0.1) is 16.9 Å². The molecule has 2 aromatic rings. The fraction of sp³-hybridized carbons (Fsp3) is 0.150. The number of hydrogen-bond acceptors (Lipinski definition) is 8. The van der Waals surface area contributed by atoms with Crippen molar-refractivity contribution in [1.82, 2.24) is 4.90 Å². The van der Waals surface area contributed by atoms with Crippen LogP contribution in [0.2, 0.25) is 0 Å². The number of hydrogen-bond donors (Lipinski definition) is 2. The van der Waals surface area contributed by atoms with Crippen LogP contribution in [0.4, 0.5) is 16.2 Å². The summed E-state index contributed by atoms with van der Waals surface area (Å²) in [6, 6.07) is 9.40. The monoisotopic (exact) mass is 443 g/mol. The molecule has 1 heterocycles. The van der Waals surface area contributed by atoms with Crippen LogP contribution in [-0.4, -0.2) is 45.6 Å². The van der Waals surface area contributed by atoms with Crippen LogP contribution in [0, 0.1) is 17.0 Å². The number of nitrogens with one attached hydrogen (secondary N) is 1. The molecule has 0 bridgehead atoms. The van der Waals surface area contributed by atoms with Crippen LogP contribution < -0.4 is 10.1 Å². The van der Waals surface area contributed by atoms with Gasteiger partial charge in [-0.15, -0.1) is 0 Å². The Kier molecular flexibility index (Phi) is 6.25. The zero-order chi connectivity index (χ0) is 22.7. The molecule has 0 atom stereocenters. The van der Waals surface area contributed by atoms with E-state index in [1.54, 1.807) is 18.2 Å². The van der Waals surface area contributed by atoms with E-state index >= 15 is 0 Å². The standard InChI is InChI=1S/C20H17N3O7S/c1-11-4-3-5-13(6-11)21-17(24)10-22-19(26)16(31-20(22)27)9-12-7-14(23(28)29)18(25)15(8-12)30-2/h3-9,25H,10H2,1-2H3,(H,21,24)/b16-9+. The summed E-state index contributed by atoms with van der Waals surface area (Å²) in [5.74, 6) is -2.05. The molecule has 1 saturated heterocycles. The van der Waals surface area contributed by atoms with E-state index in [-0.39, 0.29) is 16.2 Å². The molecule has 0 saturated carbocycles. The molecule has 11 heteroatoms. The number of nitrogens with zero attached hydrogens (tertiary/aromatic N) is 2. The predicted molar refractivity (Wildman–Crippen MR) is 114 cm³/mol. The van der Waals surface area contributed by atoms with Gasteiger partial charge in [-0.25, -0.2) is 0 Å². The van der Waals surface area contributed by atoms with E-state index in [9.17, 15) is 29.6 Å². The Bertz CT molecular complexity index is 1130. The minimum atomic E-state index is -0.795. The summed E-state index contributed by atoms with van der Waals surface area (Å²) in [6.45, 7) is 1.38. The van der Waals surface area contributed by atoms with Gasteiger partial charge in [-0.2, -0.15) is 0 Å². The highest BCUT2D eigenvalue weighted by Gasteiger charge is 2.36. The van der Waals surface area contributed by atoms with Gasteiger partial charge in [0.15, 0.2) is 5.75 Å². The second-order valence-corrected chi connectivity index (χ2v) is 7.53. The number of anilines is 1. The number of nitro benzene ring substituents is 1. The molecule has 160 valence electrons. The lowest BCUT2D eigenvalue weighted by Gasteiger charge is -2.12. The molecule has 10 nitrogen and oxygen atoms in total. The lowest BCUT2D eigenvalue weighted by Crippen LogP contribution is -2.36. The van der Waals surface area contributed by atoms with Crippen LogP contribution in [0.3, 0.4) is 0 Å². The normalized spacial score (nSPS) is 14.8. The third-order valence-corrected chi connectivity index (χ3v) is 5.18. The third kappa shape index (κ3) is 4.83. The smallest absolute Gasteiger partial charge is 0.315 e. The lowest BCUT2D eigenvalue weighted by atomic mass is 10.1. The summed E-state index contributed by atoms with van der Waals surface area (Å²) in [5, 5.41) is 23.0. The van der Waals surface area contributed by atoms with Gasteiger partial charge in [0.25, 0.3) is 11.1 Å². The molecule has 2 aromatic carbocycles. The number of amides is 3. The molecule has 31 heavy (non-hydrogen) atoms. The second-order valence-electron chi connectivity index (χ2n) is 6.53. The van der Waals surface area contributed by atoms with Crippen molar-refractivity contribution in [3.05, 3.63) is 62.5 Å². The highest BCUT2D eigenvalue weighted by molar-refractivity contribution is 8.18. The summed E-state index contributed by atoms with van der Waals surface area (Å²) in [4.78, 5) is 48.3. The van der Waals surface area contributed by atoms with E-state index in [0.29, 0.717) is 17.4 Å². The minimum absolute atomic E-state index is 0.0182. The molecule has 1 aliphatic heterocycles. The summed E-state index contributed by atoms with van der Waals surface area (Å²) >= 11 is 0.605. The largest absolute Gasteiger partial charge is 0.500 e. The third-order valence-electron chi connectivity index (χ3n) is 4.27. The van der Waals surface area contributed by atoms with E-state index in [1.165, 1.54) is 19.3 Å². The number of rotatable bonds is 6. The van der Waals surface area contributed by atoms with E-state index < -0.39 is 40.0 Å². The predicted octanol–water partition coefficient (Wildman–Crippen LogP) is 3.29. The molecule has 1 aliphatic rings. The number of imide groups is 1.